The van der Waals surface area contributed by atoms with Crippen LogP contribution in [0.5, 0.6) is 0 Å². The first kappa shape index (κ1) is 24.9. The molecule has 0 fully saturated rings. The summed E-state index contributed by atoms with van der Waals surface area (Å²) in [5.41, 5.74) is 9.34. The smallest absolute Gasteiger partial charge is 0.135 e. The van der Waals surface area contributed by atoms with Gasteiger partial charge >= 0.3 is 0 Å². The van der Waals surface area contributed by atoms with Crippen LogP contribution in [-0.4, -0.2) is 0 Å². The summed E-state index contributed by atoms with van der Waals surface area (Å²) in [4.78, 5) is 0. The van der Waals surface area contributed by atoms with Crippen molar-refractivity contribution in [1.82, 2.24) is 0 Å². The Kier molecular flexibility index (Phi) is 5.76. The lowest BCUT2D eigenvalue weighted by molar-refractivity contribution is 0.669. The molecule has 0 atom stereocenters. The van der Waals surface area contributed by atoms with E-state index in [4.69, 9.17) is 11.3 Å². The van der Waals surface area contributed by atoms with Gasteiger partial charge in [-0.1, -0.05) is 188 Å². The number of fused-ring (bicyclic) bond motifs is 6. The first-order chi connectivity index (χ1) is 30.2. The lowest BCUT2D eigenvalue weighted by atomic mass is 9.80. The number of benzene rings is 10. The molecular formula is C54H34O. The van der Waals surface area contributed by atoms with Crippen LogP contribution in [0.15, 0.2) is 211 Å². The molecule has 0 saturated heterocycles. The van der Waals surface area contributed by atoms with Crippen LogP contribution < -0.4 is 0 Å². The van der Waals surface area contributed by atoms with Gasteiger partial charge < -0.3 is 4.42 Å². The van der Waals surface area contributed by atoms with E-state index in [0.717, 1.165) is 76.8 Å². The van der Waals surface area contributed by atoms with Gasteiger partial charge in [-0.2, -0.15) is 0 Å². The van der Waals surface area contributed by atoms with Crippen LogP contribution in [0.4, 0.5) is 0 Å². The Morgan fingerprint density at radius 1 is 0.291 bits per heavy atom. The van der Waals surface area contributed by atoms with Gasteiger partial charge in [0.2, 0.25) is 0 Å². The van der Waals surface area contributed by atoms with Crippen molar-refractivity contribution in [2.45, 2.75) is 0 Å². The predicted octanol–water partition coefficient (Wildman–Crippen LogP) is 15.4. The number of furan rings is 1. The Labute approximate surface area is 329 Å². The van der Waals surface area contributed by atoms with E-state index in [1.807, 2.05) is 36.4 Å². The van der Waals surface area contributed by atoms with Gasteiger partial charge in [0.05, 0.1) is 9.60 Å². The number of hydrogen-bond donors (Lipinski definition) is 0. The van der Waals surface area contributed by atoms with Crippen LogP contribution in [0.2, 0.25) is 0 Å². The van der Waals surface area contributed by atoms with Crippen LogP contribution in [0.3, 0.4) is 0 Å². The van der Waals surface area contributed by atoms with Gasteiger partial charge in [0.25, 0.3) is 0 Å². The maximum absolute atomic E-state index is 9.56. The molecule has 1 nitrogen and oxygen atoms in total. The van der Waals surface area contributed by atoms with Gasteiger partial charge in [-0.3, -0.25) is 0 Å². The third-order valence-electron chi connectivity index (χ3n) is 10.8. The topological polar surface area (TPSA) is 13.1 Å². The van der Waals surface area contributed by atoms with Crippen LogP contribution in [0.1, 0.15) is 9.60 Å². The van der Waals surface area contributed by atoms with Crippen molar-refractivity contribution in [1.29, 1.82) is 0 Å². The van der Waals surface area contributed by atoms with Crippen molar-refractivity contribution in [2.24, 2.45) is 0 Å². The molecule has 0 radical (unpaired) electrons. The monoisotopic (exact) mass is 705 g/mol. The molecule has 1 aromatic heterocycles. The maximum Gasteiger partial charge on any atom is 0.135 e. The molecule has 0 saturated carbocycles. The summed E-state index contributed by atoms with van der Waals surface area (Å²) in [6, 6.07) is 54.4. The normalized spacial score (nSPS) is 13.4. The van der Waals surface area contributed by atoms with Gasteiger partial charge in [0, 0.05) is 10.8 Å². The summed E-state index contributed by atoms with van der Waals surface area (Å²) in [5, 5.41) is 6.12. The van der Waals surface area contributed by atoms with Gasteiger partial charge in [-0.15, -0.1) is 0 Å². The third kappa shape index (κ3) is 5.01. The highest BCUT2D eigenvalue weighted by atomic mass is 16.3. The zero-order valence-corrected chi connectivity index (χ0v) is 29.5. The molecule has 1 heteroatoms. The average Bonchev–Trinajstić information content (AvgIpc) is 3.73. The maximum atomic E-state index is 9.56. The largest absolute Gasteiger partial charge is 0.456 e. The summed E-state index contributed by atoms with van der Waals surface area (Å²) in [6.45, 7) is 0. The lowest BCUT2D eigenvalue weighted by Crippen LogP contribution is -1.95. The quantitative estimate of drug-likeness (QED) is 0.163. The van der Waals surface area contributed by atoms with Crippen molar-refractivity contribution >= 4 is 54.3 Å². The minimum Gasteiger partial charge on any atom is -0.456 e. The van der Waals surface area contributed by atoms with Crippen molar-refractivity contribution < 1.29 is 14.0 Å². The Bertz CT molecular complexity index is 3540. The van der Waals surface area contributed by atoms with Gasteiger partial charge in [0.1, 0.15) is 11.2 Å². The highest BCUT2D eigenvalue weighted by Gasteiger charge is 2.23. The Morgan fingerprint density at radius 2 is 0.764 bits per heavy atom. The third-order valence-corrected chi connectivity index (χ3v) is 10.8. The molecule has 1 heterocycles. The molecule has 10 aromatic carbocycles. The summed E-state index contributed by atoms with van der Waals surface area (Å²) < 4.78 is 67.6. The number of para-hydroxylation sites is 1. The molecule has 0 spiro atoms. The highest BCUT2D eigenvalue weighted by molar-refractivity contribution is 6.26. The van der Waals surface area contributed by atoms with Crippen LogP contribution >= 0.6 is 0 Å². The summed E-state index contributed by atoms with van der Waals surface area (Å²) in [7, 11) is 0. The second-order valence-corrected chi connectivity index (χ2v) is 13.8. The van der Waals surface area contributed by atoms with Gasteiger partial charge in [-0.25, -0.2) is 0 Å². The minimum absolute atomic E-state index is 0.0361. The van der Waals surface area contributed by atoms with E-state index in [0.29, 0.717) is 5.56 Å². The van der Waals surface area contributed by atoms with Crippen LogP contribution in [0.25, 0.3) is 110 Å². The zero-order chi connectivity index (χ0) is 42.4. The number of rotatable bonds is 5. The summed E-state index contributed by atoms with van der Waals surface area (Å²) in [5.74, 6) is 0. The fourth-order valence-corrected chi connectivity index (χ4v) is 8.41. The number of hydrogen-bond acceptors (Lipinski definition) is 1. The van der Waals surface area contributed by atoms with Gasteiger partial charge in [-0.05, 0) is 106 Å². The van der Waals surface area contributed by atoms with E-state index in [1.165, 1.54) is 0 Å². The van der Waals surface area contributed by atoms with Crippen LogP contribution in [-0.2, 0) is 0 Å². The molecule has 0 unspecified atom stereocenters. The van der Waals surface area contributed by atoms with Crippen molar-refractivity contribution in [2.75, 3.05) is 0 Å². The molecule has 11 rings (SSSR count). The predicted molar refractivity (Wildman–Crippen MR) is 233 cm³/mol. The first-order valence-corrected chi connectivity index (χ1v) is 18.4. The molecule has 0 aliphatic heterocycles. The molecule has 0 bridgehead atoms. The van der Waals surface area contributed by atoms with Crippen molar-refractivity contribution in [3.8, 4) is 55.6 Å². The summed E-state index contributed by atoms with van der Waals surface area (Å²) >= 11 is 0. The molecule has 0 aliphatic rings. The molecule has 0 aliphatic carbocycles. The second kappa shape index (κ2) is 12.7. The second-order valence-electron chi connectivity index (χ2n) is 13.8. The van der Waals surface area contributed by atoms with E-state index in [9.17, 15) is 2.74 Å². The Hall–Kier alpha value is -7.22. The highest BCUT2D eigenvalue weighted by Crippen LogP contribution is 2.50. The SMILES string of the molecule is [2H]c1c([2H])c([2H])c2c(oc3c([2H])c([2H])c(-c4cccc5c(-c6c7ccccc7c(-c7c(-c8ccccc8)cccc7-c7ccccc7)c7ccccc67)cccc45)c([2H])c32)c1[2H]. The Morgan fingerprint density at radius 3 is 1.40 bits per heavy atom. The van der Waals surface area contributed by atoms with E-state index >= 15 is 0 Å². The standard InChI is InChI=1S/C54H34O/c1-3-16-35(17-4-1)39-26-14-27-40(36-18-5-2-6-19-36)53(39)54-47-23-9-7-21-45(47)52(46-22-8-10-24-48(46)54)44-30-15-28-41-38(25-13-29-42(41)44)37-32-33-51-49(34-37)43-20-11-12-31-50(43)55-51/h1-34H/i11D,12D,20D,31D,32D,33D,34D. The van der Waals surface area contributed by atoms with E-state index in [2.05, 4.69) is 127 Å². The zero-order valence-electron chi connectivity index (χ0n) is 36.5. The van der Waals surface area contributed by atoms with E-state index < -0.39 is 12.1 Å². The Balaban J connectivity index is 1.22. The first-order valence-electron chi connectivity index (χ1n) is 21.9. The van der Waals surface area contributed by atoms with E-state index in [1.54, 1.807) is 0 Å². The van der Waals surface area contributed by atoms with Crippen LogP contribution in [0, 0.1) is 0 Å². The molecule has 55 heavy (non-hydrogen) atoms. The van der Waals surface area contributed by atoms with E-state index in [-0.39, 0.29) is 57.7 Å². The summed E-state index contributed by atoms with van der Waals surface area (Å²) in [6.07, 6.45) is 0. The molecule has 0 N–H and O–H groups in total. The van der Waals surface area contributed by atoms with Gasteiger partial charge in [0.15, 0.2) is 0 Å². The molecular weight excluding hydrogens is 665 g/mol. The van der Waals surface area contributed by atoms with Crippen molar-refractivity contribution in [3.63, 3.8) is 0 Å². The lowest BCUT2D eigenvalue weighted by Gasteiger charge is -2.23. The fraction of sp³-hybridized carbons (Fsp3) is 0. The molecule has 256 valence electrons. The minimum atomic E-state index is -0.461. The van der Waals surface area contributed by atoms with Crippen molar-refractivity contribution in [3.05, 3.63) is 206 Å². The molecule has 11 aromatic rings. The molecule has 0 amide bonds. The average molecular weight is 706 g/mol. The fourth-order valence-electron chi connectivity index (χ4n) is 8.41.